The maximum Gasteiger partial charge on any atom is 0.243 e. The van der Waals surface area contributed by atoms with Gasteiger partial charge >= 0.3 is 0 Å². The van der Waals surface area contributed by atoms with Gasteiger partial charge in [0.1, 0.15) is 11.6 Å². The summed E-state index contributed by atoms with van der Waals surface area (Å²) in [5.41, 5.74) is 0. The number of benzene rings is 1. The standard InChI is InChI=1S/C16H25F2N3O2S/c1-19(2)8-9-21(15-4-6-20(3)7-5-15)24(22,23)16-11-13(17)10-14(18)12-16/h10-12,15H,4-9H2,1-3H3. The maximum absolute atomic E-state index is 13.5. The zero-order chi connectivity index (χ0) is 17.9. The fourth-order valence-corrected chi connectivity index (χ4v) is 4.61. The Bertz CT molecular complexity index is 639. The predicted molar refractivity (Wildman–Crippen MR) is 89.3 cm³/mol. The van der Waals surface area contributed by atoms with Crippen LogP contribution in [0.4, 0.5) is 8.78 Å². The van der Waals surface area contributed by atoms with Gasteiger partial charge in [0.2, 0.25) is 10.0 Å². The van der Waals surface area contributed by atoms with Crippen LogP contribution in [0.1, 0.15) is 12.8 Å². The van der Waals surface area contributed by atoms with Crippen LogP contribution in [0.25, 0.3) is 0 Å². The Kier molecular flexibility index (Phi) is 6.30. The van der Waals surface area contributed by atoms with E-state index in [1.807, 2.05) is 26.0 Å². The third-order valence-corrected chi connectivity index (χ3v) is 6.24. The molecular weight excluding hydrogens is 336 g/mol. The van der Waals surface area contributed by atoms with Crippen LogP contribution in [0.5, 0.6) is 0 Å². The summed E-state index contributed by atoms with van der Waals surface area (Å²) in [6.45, 7) is 2.44. The van der Waals surface area contributed by atoms with Crippen LogP contribution >= 0.6 is 0 Å². The van der Waals surface area contributed by atoms with E-state index >= 15 is 0 Å². The van der Waals surface area contributed by atoms with Gasteiger partial charge in [-0.2, -0.15) is 4.31 Å². The molecule has 8 heteroatoms. The molecule has 1 aromatic rings. The van der Waals surface area contributed by atoms with Crippen molar-refractivity contribution >= 4 is 10.0 Å². The predicted octanol–water partition coefficient (Wildman–Crippen LogP) is 1.61. The second kappa shape index (κ2) is 7.86. The van der Waals surface area contributed by atoms with E-state index in [-0.39, 0.29) is 10.9 Å². The van der Waals surface area contributed by atoms with Crippen molar-refractivity contribution in [3.63, 3.8) is 0 Å². The van der Waals surface area contributed by atoms with E-state index in [0.29, 0.717) is 32.0 Å². The largest absolute Gasteiger partial charge is 0.308 e. The summed E-state index contributed by atoms with van der Waals surface area (Å²) < 4.78 is 54.4. The Balaban J connectivity index is 2.33. The van der Waals surface area contributed by atoms with Crippen molar-refractivity contribution < 1.29 is 17.2 Å². The quantitative estimate of drug-likeness (QED) is 0.772. The van der Waals surface area contributed by atoms with Crippen LogP contribution in [0.15, 0.2) is 23.1 Å². The monoisotopic (exact) mass is 361 g/mol. The fraction of sp³-hybridized carbons (Fsp3) is 0.625. The van der Waals surface area contributed by atoms with Crippen molar-refractivity contribution in [1.29, 1.82) is 0 Å². The van der Waals surface area contributed by atoms with Crippen LogP contribution in [0, 0.1) is 11.6 Å². The third kappa shape index (κ3) is 4.72. The number of hydrogen-bond donors (Lipinski definition) is 0. The molecule has 1 aliphatic heterocycles. The fourth-order valence-electron chi connectivity index (χ4n) is 2.89. The highest BCUT2D eigenvalue weighted by molar-refractivity contribution is 7.89. The van der Waals surface area contributed by atoms with Crippen molar-refractivity contribution in [3.05, 3.63) is 29.8 Å². The maximum atomic E-state index is 13.5. The molecule has 1 saturated heterocycles. The lowest BCUT2D eigenvalue weighted by Gasteiger charge is -2.37. The molecule has 1 aromatic carbocycles. The second-order valence-corrected chi connectivity index (χ2v) is 8.45. The zero-order valence-electron chi connectivity index (χ0n) is 14.4. The molecule has 0 atom stereocenters. The van der Waals surface area contributed by atoms with E-state index in [4.69, 9.17) is 0 Å². The van der Waals surface area contributed by atoms with Gasteiger partial charge in [-0.25, -0.2) is 17.2 Å². The summed E-state index contributed by atoms with van der Waals surface area (Å²) in [4.78, 5) is 3.72. The molecule has 2 rings (SSSR count). The Morgan fingerprint density at radius 1 is 1.08 bits per heavy atom. The molecule has 0 radical (unpaired) electrons. The van der Waals surface area contributed by atoms with E-state index in [2.05, 4.69) is 4.90 Å². The van der Waals surface area contributed by atoms with Crippen molar-refractivity contribution in [1.82, 2.24) is 14.1 Å². The van der Waals surface area contributed by atoms with Crippen molar-refractivity contribution in [2.24, 2.45) is 0 Å². The van der Waals surface area contributed by atoms with Crippen LogP contribution in [-0.2, 0) is 10.0 Å². The SMILES string of the molecule is CN(C)CCN(C1CCN(C)CC1)S(=O)(=O)c1cc(F)cc(F)c1. The molecule has 0 bridgehead atoms. The van der Waals surface area contributed by atoms with E-state index in [9.17, 15) is 17.2 Å². The van der Waals surface area contributed by atoms with Gasteiger partial charge in [0, 0.05) is 25.2 Å². The van der Waals surface area contributed by atoms with E-state index in [0.717, 1.165) is 25.2 Å². The summed E-state index contributed by atoms with van der Waals surface area (Å²) in [7, 11) is 1.77. The normalized spacial score (nSPS) is 17.8. The first-order valence-electron chi connectivity index (χ1n) is 8.01. The smallest absolute Gasteiger partial charge is 0.243 e. The molecule has 0 N–H and O–H groups in total. The highest BCUT2D eigenvalue weighted by Gasteiger charge is 2.33. The van der Waals surface area contributed by atoms with Crippen molar-refractivity contribution in [3.8, 4) is 0 Å². The molecule has 0 aromatic heterocycles. The first-order chi connectivity index (χ1) is 11.2. The third-order valence-electron chi connectivity index (χ3n) is 4.31. The lowest BCUT2D eigenvalue weighted by molar-refractivity contribution is 0.175. The van der Waals surface area contributed by atoms with Gasteiger partial charge in [-0.3, -0.25) is 0 Å². The highest BCUT2D eigenvalue weighted by atomic mass is 32.2. The Labute approximate surface area is 142 Å². The summed E-state index contributed by atoms with van der Waals surface area (Å²) in [5.74, 6) is -1.77. The van der Waals surface area contributed by atoms with Gasteiger partial charge in [-0.05, 0) is 59.2 Å². The number of hydrogen-bond acceptors (Lipinski definition) is 4. The van der Waals surface area contributed by atoms with Gasteiger partial charge < -0.3 is 9.80 Å². The number of sulfonamides is 1. The molecular formula is C16H25F2N3O2S. The van der Waals surface area contributed by atoms with Crippen LogP contribution in [-0.4, -0.2) is 75.9 Å². The van der Waals surface area contributed by atoms with Gasteiger partial charge in [0.25, 0.3) is 0 Å². The molecule has 136 valence electrons. The molecule has 1 fully saturated rings. The summed E-state index contributed by atoms with van der Waals surface area (Å²) in [6, 6.07) is 2.29. The summed E-state index contributed by atoms with van der Waals surface area (Å²) in [6.07, 6.45) is 1.42. The number of rotatable bonds is 6. The number of nitrogens with zero attached hydrogens (tertiary/aromatic N) is 3. The number of likely N-dealkylation sites (N-methyl/N-ethyl adjacent to an activating group) is 1. The molecule has 0 spiro atoms. The molecule has 1 aliphatic rings. The summed E-state index contributed by atoms with van der Waals surface area (Å²) >= 11 is 0. The molecule has 1 heterocycles. The minimum Gasteiger partial charge on any atom is -0.308 e. The first kappa shape index (κ1) is 19.2. The van der Waals surface area contributed by atoms with Crippen LogP contribution in [0.2, 0.25) is 0 Å². The Morgan fingerprint density at radius 3 is 2.12 bits per heavy atom. The number of halogens is 2. The van der Waals surface area contributed by atoms with Crippen molar-refractivity contribution in [2.75, 3.05) is 47.3 Å². The van der Waals surface area contributed by atoms with Crippen LogP contribution in [0.3, 0.4) is 0 Å². The minimum atomic E-state index is -3.95. The minimum absolute atomic E-state index is 0.155. The molecule has 0 saturated carbocycles. The molecule has 0 amide bonds. The molecule has 0 aliphatic carbocycles. The van der Waals surface area contributed by atoms with E-state index in [1.165, 1.54) is 4.31 Å². The first-order valence-corrected chi connectivity index (χ1v) is 9.45. The molecule has 5 nitrogen and oxygen atoms in total. The second-order valence-electron chi connectivity index (χ2n) is 6.56. The van der Waals surface area contributed by atoms with Gasteiger partial charge in [0.05, 0.1) is 4.90 Å². The average Bonchev–Trinajstić information content (AvgIpc) is 2.47. The van der Waals surface area contributed by atoms with Gasteiger partial charge in [0.15, 0.2) is 0 Å². The Hall–Kier alpha value is -1.09. The lowest BCUT2D eigenvalue weighted by Crippen LogP contribution is -2.48. The lowest BCUT2D eigenvalue weighted by atomic mass is 10.1. The van der Waals surface area contributed by atoms with E-state index in [1.54, 1.807) is 0 Å². The summed E-state index contributed by atoms with van der Waals surface area (Å²) in [5, 5.41) is 0. The topological polar surface area (TPSA) is 43.9 Å². The number of likely N-dealkylation sites (tertiary alicyclic amines) is 1. The van der Waals surface area contributed by atoms with E-state index < -0.39 is 21.7 Å². The van der Waals surface area contributed by atoms with Gasteiger partial charge in [-0.15, -0.1) is 0 Å². The molecule has 24 heavy (non-hydrogen) atoms. The highest BCUT2D eigenvalue weighted by Crippen LogP contribution is 2.25. The number of piperidine rings is 1. The van der Waals surface area contributed by atoms with Gasteiger partial charge in [-0.1, -0.05) is 0 Å². The zero-order valence-corrected chi connectivity index (χ0v) is 15.2. The van der Waals surface area contributed by atoms with Crippen LogP contribution < -0.4 is 0 Å². The Morgan fingerprint density at radius 2 is 1.62 bits per heavy atom. The molecule has 0 unspecified atom stereocenters. The van der Waals surface area contributed by atoms with Crippen molar-refractivity contribution in [2.45, 2.75) is 23.8 Å². The average molecular weight is 361 g/mol.